The number of nitrogens with zero attached hydrogens (tertiary/aromatic N) is 3. The molecule has 2 aromatic rings. The Balaban J connectivity index is 1.36. The molecular weight excluding hydrogens is 366 g/mol. The minimum absolute atomic E-state index is 0.0158. The van der Waals surface area contributed by atoms with Crippen molar-refractivity contribution in [1.29, 1.82) is 0 Å². The highest BCUT2D eigenvalue weighted by atomic mass is 16.2. The maximum absolute atomic E-state index is 13.3. The molecule has 3 aliphatic rings. The molecule has 2 fully saturated rings. The van der Waals surface area contributed by atoms with Crippen LogP contribution in [-0.4, -0.2) is 39.0 Å². The van der Waals surface area contributed by atoms with Crippen LogP contribution in [0.15, 0.2) is 36.8 Å². The van der Waals surface area contributed by atoms with Crippen LogP contribution in [0.3, 0.4) is 0 Å². The molecule has 7 nitrogen and oxygen atoms in total. The van der Waals surface area contributed by atoms with E-state index in [1.807, 2.05) is 16.5 Å². The Kier molecular flexibility index (Phi) is 4.33. The number of hydrogen-bond acceptors (Lipinski definition) is 3. The summed E-state index contributed by atoms with van der Waals surface area (Å²) in [6.07, 6.45) is 8.04. The summed E-state index contributed by atoms with van der Waals surface area (Å²) in [5, 5.41) is 6.26. The maximum atomic E-state index is 13.3. The lowest BCUT2D eigenvalue weighted by atomic mass is 9.61. The predicted octanol–water partition coefficient (Wildman–Crippen LogP) is 2.39. The molecule has 1 saturated heterocycles. The second kappa shape index (κ2) is 6.90. The third-order valence-corrected chi connectivity index (χ3v) is 6.92. The van der Waals surface area contributed by atoms with Crippen molar-refractivity contribution in [2.24, 2.45) is 7.05 Å². The minimum Gasteiger partial charge on any atom is -0.346 e. The molecule has 2 N–H and O–H groups in total. The molecule has 0 radical (unpaired) electrons. The van der Waals surface area contributed by atoms with Crippen molar-refractivity contribution in [3.05, 3.63) is 53.6 Å². The maximum Gasteiger partial charge on any atom is 0.318 e. The van der Waals surface area contributed by atoms with Gasteiger partial charge in [-0.2, -0.15) is 0 Å². The number of rotatable bonds is 2. The number of carbonyl (C=O) groups is 2. The van der Waals surface area contributed by atoms with E-state index in [4.69, 9.17) is 0 Å². The molecule has 0 bridgehead atoms. The van der Waals surface area contributed by atoms with Crippen molar-refractivity contribution in [3.8, 4) is 0 Å². The van der Waals surface area contributed by atoms with Gasteiger partial charge in [-0.25, -0.2) is 9.78 Å². The number of nitrogens with one attached hydrogen (secondary N) is 2. The van der Waals surface area contributed by atoms with Gasteiger partial charge in [-0.1, -0.05) is 30.7 Å². The smallest absolute Gasteiger partial charge is 0.318 e. The average molecular weight is 393 g/mol. The molecule has 7 heteroatoms. The molecule has 1 spiro atoms. The Labute approximate surface area is 170 Å². The molecule has 3 amide bonds. The van der Waals surface area contributed by atoms with Crippen LogP contribution in [0.1, 0.15) is 55.0 Å². The third kappa shape index (κ3) is 3.09. The van der Waals surface area contributed by atoms with E-state index < -0.39 is 0 Å². The molecule has 1 aliphatic carbocycles. The molecule has 3 heterocycles. The van der Waals surface area contributed by atoms with Gasteiger partial charge in [0, 0.05) is 32.0 Å². The summed E-state index contributed by atoms with van der Waals surface area (Å²) < 4.78 is 1.90. The van der Waals surface area contributed by atoms with Gasteiger partial charge in [-0.15, -0.1) is 0 Å². The zero-order valence-electron chi connectivity index (χ0n) is 16.7. The highest BCUT2D eigenvalue weighted by Gasteiger charge is 2.45. The van der Waals surface area contributed by atoms with Crippen molar-refractivity contribution in [1.82, 2.24) is 25.1 Å². The molecule has 2 atom stereocenters. The fraction of sp³-hybridized carbons (Fsp3) is 0.500. The summed E-state index contributed by atoms with van der Waals surface area (Å²) in [5.74, 6) is 0.0158. The summed E-state index contributed by atoms with van der Waals surface area (Å²) in [6, 6.07) is 8.10. The van der Waals surface area contributed by atoms with Crippen molar-refractivity contribution in [2.45, 2.75) is 56.1 Å². The number of carbonyl (C=O) groups excluding carboxylic acids is 2. The van der Waals surface area contributed by atoms with E-state index in [0.29, 0.717) is 19.4 Å². The first-order chi connectivity index (χ1) is 14.1. The lowest BCUT2D eigenvalue weighted by molar-refractivity contribution is -0.123. The Morgan fingerprint density at radius 2 is 2.14 bits per heavy atom. The van der Waals surface area contributed by atoms with Crippen LogP contribution in [0.5, 0.6) is 0 Å². The van der Waals surface area contributed by atoms with E-state index in [1.54, 1.807) is 12.5 Å². The number of benzene rings is 1. The Morgan fingerprint density at radius 3 is 2.86 bits per heavy atom. The highest BCUT2D eigenvalue weighted by molar-refractivity contribution is 5.79. The van der Waals surface area contributed by atoms with Crippen molar-refractivity contribution < 1.29 is 9.59 Å². The number of urea groups is 1. The highest BCUT2D eigenvalue weighted by Crippen LogP contribution is 2.48. The molecule has 5 rings (SSSR count). The van der Waals surface area contributed by atoms with Gasteiger partial charge in [0.05, 0.1) is 30.3 Å². The van der Waals surface area contributed by atoms with Crippen LogP contribution in [-0.2, 0) is 23.8 Å². The zero-order valence-corrected chi connectivity index (χ0v) is 16.7. The largest absolute Gasteiger partial charge is 0.346 e. The number of imidazole rings is 1. The van der Waals surface area contributed by atoms with E-state index in [-0.39, 0.29) is 29.4 Å². The molecule has 29 heavy (non-hydrogen) atoms. The van der Waals surface area contributed by atoms with Crippen LogP contribution < -0.4 is 10.6 Å². The average Bonchev–Trinajstić information content (AvgIpc) is 3.12. The predicted molar refractivity (Wildman–Crippen MR) is 108 cm³/mol. The topological polar surface area (TPSA) is 79.3 Å². The van der Waals surface area contributed by atoms with Gasteiger partial charge < -0.3 is 20.1 Å². The monoisotopic (exact) mass is 393 g/mol. The van der Waals surface area contributed by atoms with Gasteiger partial charge in [0.25, 0.3) is 0 Å². The van der Waals surface area contributed by atoms with Crippen LogP contribution in [0.2, 0.25) is 0 Å². The lowest BCUT2D eigenvalue weighted by Gasteiger charge is -2.50. The number of amides is 3. The van der Waals surface area contributed by atoms with Gasteiger partial charge in [0.1, 0.15) is 0 Å². The Bertz CT molecular complexity index is 948. The number of hydrogen-bond donors (Lipinski definition) is 2. The minimum atomic E-state index is -0.262. The molecular formula is C22H27N5O2. The number of aromatic nitrogens is 2. The second-order valence-electron chi connectivity index (χ2n) is 8.72. The Morgan fingerprint density at radius 1 is 1.31 bits per heavy atom. The SMILES string of the molecule is Cn1cncc1[C@@H]1NC(=O)CC[C@H]1NC(=O)N1Cc2ccccc2C2(CCC2)C1. The molecule has 1 aromatic carbocycles. The standard InChI is InChI=1S/C22H27N5O2/c1-26-14-23-11-18(26)20-17(7-8-19(28)25-20)24-21(29)27-12-15-5-2-3-6-16(15)22(13-27)9-4-10-22/h2-3,5-6,11,14,17,20H,4,7-10,12-13H2,1H3,(H,24,29)(H,25,28)/t17-,20-/m1/s1. The number of fused-ring (bicyclic) bond motifs is 2. The summed E-state index contributed by atoms with van der Waals surface area (Å²) in [5.41, 5.74) is 3.71. The van der Waals surface area contributed by atoms with Gasteiger partial charge in [0.15, 0.2) is 0 Å². The summed E-state index contributed by atoms with van der Waals surface area (Å²) >= 11 is 0. The van der Waals surface area contributed by atoms with Gasteiger partial charge >= 0.3 is 6.03 Å². The normalized spacial score (nSPS) is 25.1. The van der Waals surface area contributed by atoms with E-state index >= 15 is 0 Å². The number of piperidine rings is 1. The lowest BCUT2D eigenvalue weighted by Crippen LogP contribution is -2.57. The van der Waals surface area contributed by atoms with Gasteiger partial charge in [-0.05, 0) is 30.4 Å². The fourth-order valence-corrected chi connectivity index (χ4v) is 5.21. The van der Waals surface area contributed by atoms with E-state index in [2.05, 4.69) is 39.9 Å². The summed E-state index contributed by atoms with van der Waals surface area (Å²) in [7, 11) is 1.91. The molecule has 0 unspecified atom stereocenters. The van der Waals surface area contributed by atoms with Crippen LogP contribution in [0.4, 0.5) is 4.79 Å². The van der Waals surface area contributed by atoms with E-state index in [1.165, 1.54) is 17.5 Å². The van der Waals surface area contributed by atoms with Crippen molar-refractivity contribution in [2.75, 3.05) is 6.54 Å². The van der Waals surface area contributed by atoms with E-state index in [9.17, 15) is 9.59 Å². The summed E-state index contributed by atoms with van der Waals surface area (Å²) in [6.45, 7) is 1.41. The molecule has 2 aliphatic heterocycles. The zero-order chi connectivity index (χ0) is 20.0. The first-order valence-electron chi connectivity index (χ1n) is 10.5. The number of aryl methyl sites for hydroxylation is 1. The van der Waals surface area contributed by atoms with Gasteiger partial charge in [-0.3, -0.25) is 4.79 Å². The molecule has 152 valence electrons. The first kappa shape index (κ1) is 18.2. The van der Waals surface area contributed by atoms with E-state index in [0.717, 1.165) is 25.1 Å². The van der Waals surface area contributed by atoms with Crippen LogP contribution >= 0.6 is 0 Å². The Hall–Kier alpha value is -2.83. The van der Waals surface area contributed by atoms with Crippen molar-refractivity contribution in [3.63, 3.8) is 0 Å². The molecule has 1 saturated carbocycles. The second-order valence-corrected chi connectivity index (χ2v) is 8.72. The third-order valence-electron chi connectivity index (χ3n) is 6.92. The van der Waals surface area contributed by atoms with Crippen LogP contribution in [0.25, 0.3) is 0 Å². The van der Waals surface area contributed by atoms with Crippen molar-refractivity contribution >= 4 is 11.9 Å². The van der Waals surface area contributed by atoms with Gasteiger partial charge in [0.2, 0.25) is 5.91 Å². The quantitative estimate of drug-likeness (QED) is 0.822. The molecule has 1 aromatic heterocycles. The fourth-order valence-electron chi connectivity index (χ4n) is 5.21. The summed E-state index contributed by atoms with van der Waals surface area (Å²) in [4.78, 5) is 31.4. The van der Waals surface area contributed by atoms with Crippen LogP contribution in [0, 0.1) is 0 Å². The first-order valence-corrected chi connectivity index (χ1v) is 10.5.